The molecule has 2 rings (SSSR count). The largest absolute Gasteiger partial charge is 0.283 e. The van der Waals surface area contributed by atoms with Gasteiger partial charge < -0.3 is 0 Å². The van der Waals surface area contributed by atoms with Crippen molar-refractivity contribution in [2.24, 2.45) is 4.99 Å². The first-order valence-electron chi connectivity index (χ1n) is 5.67. The van der Waals surface area contributed by atoms with Gasteiger partial charge in [0.2, 0.25) is 0 Å². The van der Waals surface area contributed by atoms with Crippen molar-refractivity contribution in [3.8, 4) is 0 Å². The Morgan fingerprint density at radius 3 is 3.06 bits per heavy atom. The Morgan fingerprint density at radius 1 is 1.53 bits per heavy atom. The lowest BCUT2D eigenvalue weighted by molar-refractivity contribution is 0.698. The highest BCUT2D eigenvalue weighted by atomic mass is 14.8. The average Bonchev–Trinajstić information content (AvgIpc) is 2.39. The molecule has 1 atom stereocenters. The van der Waals surface area contributed by atoms with Gasteiger partial charge in [0.05, 0.1) is 11.7 Å². The van der Waals surface area contributed by atoms with Gasteiger partial charge in [-0.1, -0.05) is 24.8 Å². The topological polar surface area (TPSA) is 25.2 Å². The molecule has 2 heterocycles. The van der Waals surface area contributed by atoms with Crippen molar-refractivity contribution >= 4 is 11.8 Å². The maximum Gasteiger partial charge on any atom is 0.0959 e. The monoisotopic (exact) mass is 224 g/mol. The summed E-state index contributed by atoms with van der Waals surface area (Å²) >= 11 is 0. The molecule has 1 aromatic heterocycles. The maximum absolute atomic E-state index is 4.46. The van der Waals surface area contributed by atoms with Gasteiger partial charge in [0.25, 0.3) is 0 Å². The lowest BCUT2D eigenvalue weighted by Gasteiger charge is -2.16. The fourth-order valence-electron chi connectivity index (χ4n) is 1.82. The lowest BCUT2D eigenvalue weighted by Crippen LogP contribution is -2.04. The first-order chi connectivity index (χ1) is 8.20. The summed E-state index contributed by atoms with van der Waals surface area (Å²) in [5.41, 5.74) is 4.37. The van der Waals surface area contributed by atoms with E-state index in [1.165, 1.54) is 5.57 Å². The third-order valence-corrected chi connectivity index (χ3v) is 2.86. The van der Waals surface area contributed by atoms with E-state index in [0.29, 0.717) is 0 Å². The molecule has 1 aliphatic heterocycles. The fraction of sp³-hybridized carbons (Fsp3) is 0.200. The van der Waals surface area contributed by atoms with Crippen LogP contribution in [0.5, 0.6) is 0 Å². The van der Waals surface area contributed by atoms with Crippen molar-refractivity contribution in [2.45, 2.75) is 19.4 Å². The van der Waals surface area contributed by atoms with Crippen molar-refractivity contribution in [3.05, 3.63) is 60.5 Å². The number of allylic oxidation sites excluding steroid dienone is 3. The Kier molecular flexibility index (Phi) is 3.33. The van der Waals surface area contributed by atoms with E-state index in [0.717, 1.165) is 23.3 Å². The number of hydrogen-bond donors (Lipinski definition) is 0. The molecule has 0 amide bonds. The fourth-order valence-corrected chi connectivity index (χ4v) is 1.82. The number of dihydropyridines is 1. The highest BCUT2D eigenvalue weighted by molar-refractivity contribution is 5.74. The molecule has 0 aliphatic carbocycles. The van der Waals surface area contributed by atoms with E-state index in [2.05, 4.69) is 29.2 Å². The molecule has 0 saturated heterocycles. The summed E-state index contributed by atoms with van der Waals surface area (Å²) in [6, 6.07) is 4.14. The van der Waals surface area contributed by atoms with E-state index < -0.39 is 0 Å². The lowest BCUT2D eigenvalue weighted by atomic mass is 9.99. The van der Waals surface area contributed by atoms with E-state index in [1.54, 1.807) is 0 Å². The molecule has 0 N–H and O–H groups in total. The van der Waals surface area contributed by atoms with E-state index in [9.17, 15) is 0 Å². The zero-order chi connectivity index (χ0) is 12.3. The minimum atomic E-state index is 0.104. The average molecular weight is 224 g/mol. The number of pyridine rings is 1. The molecule has 0 spiro atoms. The second-order valence-corrected chi connectivity index (χ2v) is 4.21. The SMILES string of the molecule is C=CC1=CC=NC(c2cc(C(=C)C)ccn2)C1. The van der Waals surface area contributed by atoms with Crippen LogP contribution in [0, 0.1) is 0 Å². The Morgan fingerprint density at radius 2 is 2.35 bits per heavy atom. The number of hydrogen-bond acceptors (Lipinski definition) is 2. The summed E-state index contributed by atoms with van der Waals surface area (Å²) in [6.45, 7) is 9.74. The summed E-state index contributed by atoms with van der Waals surface area (Å²) in [7, 11) is 0. The number of aliphatic imine (C=N–C) groups is 1. The van der Waals surface area contributed by atoms with Gasteiger partial charge in [-0.05, 0) is 36.3 Å². The summed E-state index contributed by atoms with van der Waals surface area (Å²) < 4.78 is 0. The third-order valence-electron chi connectivity index (χ3n) is 2.86. The normalized spacial score (nSPS) is 18.6. The summed E-state index contributed by atoms with van der Waals surface area (Å²) in [5, 5.41) is 0. The Labute approximate surface area is 102 Å². The molecule has 0 fully saturated rings. The zero-order valence-corrected chi connectivity index (χ0v) is 10.1. The van der Waals surface area contributed by atoms with E-state index in [-0.39, 0.29) is 6.04 Å². The van der Waals surface area contributed by atoms with Crippen LogP contribution in [0.3, 0.4) is 0 Å². The molecule has 0 aromatic carbocycles. The first-order valence-corrected chi connectivity index (χ1v) is 5.67. The van der Waals surface area contributed by atoms with Gasteiger partial charge in [0.15, 0.2) is 0 Å². The molecule has 86 valence electrons. The molecule has 2 heteroatoms. The van der Waals surface area contributed by atoms with Crippen molar-refractivity contribution in [1.29, 1.82) is 0 Å². The van der Waals surface area contributed by atoms with Crippen molar-refractivity contribution < 1.29 is 0 Å². The van der Waals surface area contributed by atoms with Crippen molar-refractivity contribution in [3.63, 3.8) is 0 Å². The minimum Gasteiger partial charge on any atom is -0.283 e. The van der Waals surface area contributed by atoms with E-state index in [1.807, 2.05) is 37.6 Å². The molecule has 0 radical (unpaired) electrons. The summed E-state index contributed by atoms with van der Waals surface area (Å²) in [4.78, 5) is 8.85. The standard InChI is InChI=1S/C15H16N2/c1-4-12-5-7-16-14(9-12)15-10-13(11(2)3)6-8-17-15/h4-8,10,14H,1-2,9H2,3H3. The van der Waals surface area contributed by atoms with Crippen LogP contribution in [0.15, 0.2) is 54.2 Å². The van der Waals surface area contributed by atoms with Crippen LogP contribution >= 0.6 is 0 Å². The van der Waals surface area contributed by atoms with Crippen LogP contribution in [-0.4, -0.2) is 11.2 Å². The molecular formula is C15H16N2. The quantitative estimate of drug-likeness (QED) is 0.767. The van der Waals surface area contributed by atoms with Crippen molar-refractivity contribution in [1.82, 2.24) is 4.98 Å². The van der Waals surface area contributed by atoms with E-state index in [4.69, 9.17) is 0 Å². The Balaban J connectivity index is 2.27. The molecule has 1 unspecified atom stereocenters. The van der Waals surface area contributed by atoms with Crippen LogP contribution < -0.4 is 0 Å². The van der Waals surface area contributed by atoms with Gasteiger partial charge in [0.1, 0.15) is 0 Å². The van der Waals surface area contributed by atoms with Gasteiger partial charge in [-0.25, -0.2) is 0 Å². The highest BCUT2D eigenvalue weighted by Gasteiger charge is 2.15. The van der Waals surface area contributed by atoms with Crippen LogP contribution in [0.25, 0.3) is 5.57 Å². The summed E-state index contributed by atoms with van der Waals surface area (Å²) in [6.07, 6.45) is 8.39. The van der Waals surface area contributed by atoms with Crippen LogP contribution in [0.4, 0.5) is 0 Å². The van der Waals surface area contributed by atoms with Crippen molar-refractivity contribution in [2.75, 3.05) is 0 Å². The highest BCUT2D eigenvalue weighted by Crippen LogP contribution is 2.27. The molecule has 0 saturated carbocycles. The molecule has 1 aliphatic rings. The number of nitrogens with zero attached hydrogens (tertiary/aromatic N) is 2. The molecule has 1 aromatic rings. The van der Waals surface area contributed by atoms with Crippen LogP contribution in [0.1, 0.15) is 30.6 Å². The first kappa shape index (κ1) is 11.5. The maximum atomic E-state index is 4.46. The molecular weight excluding hydrogens is 208 g/mol. The predicted octanol–water partition coefficient (Wildman–Crippen LogP) is 3.74. The second kappa shape index (κ2) is 4.91. The Bertz CT molecular complexity index is 509. The minimum absolute atomic E-state index is 0.104. The molecule has 0 bridgehead atoms. The van der Waals surface area contributed by atoms with Gasteiger partial charge in [-0.15, -0.1) is 0 Å². The predicted molar refractivity (Wildman–Crippen MR) is 73.1 cm³/mol. The van der Waals surface area contributed by atoms with Gasteiger partial charge >= 0.3 is 0 Å². The zero-order valence-electron chi connectivity index (χ0n) is 10.1. The number of aromatic nitrogens is 1. The van der Waals surface area contributed by atoms with Crippen LogP contribution in [0.2, 0.25) is 0 Å². The van der Waals surface area contributed by atoms with E-state index >= 15 is 0 Å². The number of rotatable bonds is 3. The van der Waals surface area contributed by atoms with Gasteiger partial charge in [-0.3, -0.25) is 9.98 Å². The summed E-state index contributed by atoms with van der Waals surface area (Å²) in [5.74, 6) is 0. The van der Waals surface area contributed by atoms with Gasteiger partial charge in [-0.2, -0.15) is 0 Å². The smallest absolute Gasteiger partial charge is 0.0959 e. The molecule has 2 nitrogen and oxygen atoms in total. The van der Waals surface area contributed by atoms with Crippen LogP contribution in [-0.2, 0) is 0 Å². The van der Waals surface area contributed by atoms with Gasteiger partial charge in [0, 0.05) is 18.8 Å². The third kappa shape index (κ3) is 2.59. The second-order valence-electron chi connectivity index (χ2n) is 4.21. The Hall–Kier alpha value is -1.96. The molecule has 17 heavy (non-hydrogen) atoms.